The Morgan fingerprint density at radius 2 is 1.85 bits per heavy atom. The van der Waals surface area contributed by atoms with Gasteiger partial charge >= 0.3 is 0 Å². The first-order chi connectivity index (χ1) is 9.49. The van der Waals surface area contributed by atoms with E-state index in [1.54, 1.807) is 12.1 Å². The van der Waals surface area contributed by atoms with Crippen LogP contribution in [0.1, 0.15) is 21.5 Å². The van der Waals surface area contributed by atoms with Crippen LogP contribution in [0.15, 0.2) is 42.5 Å². The first-order valence-corrected chi connectivity index (χ1v) is 6.11. The van der Waals surface area contributed by atoms with Crippen LogP contribution in [-0.4, -0.2) is 10.8 Å². The number of aryl methyl sites for hydroxylation is 1. The SMILES string of the molecule is Cc1cccc(NC(=O)c2cccc([N+](=O)[O-])c2)c1C. The third kappa shape index (κ3) is 2.83. The second-order valence-corrected chi connectivity index (χ2v) is 4.51. The van der Waals surface area contributed by atoms with E-state index < -0.39 is 4.92 Å². The van der Waals surface area contributed by atoms with Crippen molar-refractivity contribution in [1.82, 2.24) is 0 Å². The number of nitro benzene ring substituents is 1. The molecule has 0 bridgehead atoms. The zero-order valence-electron chi connectivity index (χ0n) is 11.2. The number of nitrogens with zero attached hydrogens (tertiary/aromatic N) is 1. The van der Waals surface area contributed by atoms with Crippen LogP contribution in [0, 0.1) is 24.0 Å². The molecule has 1 N–H and O–H groups in total. The van der Waals surface area contributed by atoms with Gasteiger partial charge in [0.05, 0.1) is 4.92 Å². The van der Waals surface area contributed by atoms with Crippen molar-refractivity contribution in [3.8, 4) is 0 Å². The highest BCUT2D eigenvalue weighted by molar-refractivity contribution is 6.05. The molecule has 2 aromatic rings. The number of nitrogens with one attached hydrogen (secondary N) is 1. The molecule has 2 aromatic carbocycles. The molecule has 0 unspecified atom stereocenters. The van der Waals surface area contributed by atoms with Gasteiger partial charge in [0.2, 0.25) is 0 Å². The maximum atomic E-state index is 12.1. The van der Waals surface area contributed by atoms with Crippen LogP contribution in [0.5, 0.6) is 0 Å². The van der Waals surface area contributed by atoms with E-state index >= 15 is 0 Å². The lowest BCUT2D eigenvalue weighted by atomic mass is 10.1. The number of non-ortho nitro benzene ring substituents is 1. The number of carbonyl (C=O) groups is 1. The molecule has 0 atom stereocenters. The zero-order valence-corrected chi connectivity index (χ0v) is 11.2. The van der Waals surface area contributed by atoms with Crippen molar-refractivity contribution < 1.29 is 9.72 Å². The summed E-state index contributed by atoms with van der Waals surface area (Å²) in [5.41, 5.74) is 2.92. The normalized spacial score (nSPS) is 10.1. The van der Waals surface area contributed by atoms with Crippen molar-refractivity contribution in [3.63, 3.8) is 0 Å². The minimum absolute atomic E-state index is 0.0985. The summed E-state index contributed by atoms with van der Waals surface area (Å²) in [6.07, 6.45) is 0. The highest BCUT2D eigenvalue weighted by atomic mass is 16.6. The van der Waals surface area contributed by atoms with Gasteiger partial charge in [-0.2, -0.15) is 0 Å². The molecule has 1 amide bonds. The predicted molar refractivity (Wildman–Crippen MR) is 77.0 cm³/mol. The summed E-state index contributed by atoms with van der Waals surface area (Å²) < 4.78 is 0. The molecule has 0 aliphatic rings. The second kappa shape index (κ2) is 5.52. The average Bonchev–Trinajstić information content (AvgIpc) is 2.44. The minimum atomic E-state index is -0.519. The Balaban J connectivity index is 2.26. The fourth-order valence-corrected chi connectivity index (χ4v) is 1.84. The summed E-state index contributed by atoms with van der Waals surface area (Å²) in [4.78, 5) is 22.3. The first kappa shape index (κ1) is 13.7. The number of nitro groups is 1. The molecule has 0 aliphatic carbocycles. The molecule has 0 heterocycles. The van der Waals surface area contributed by atoms with Crippen LogP contribution in [0.3, 0.4) is 0 Å². The van der Waals surface area contributed by atoms with E-state index in [9.17, 15) is 14.9 Å². The third-order valence-electron chi connectivity index (χ3n) is 3.17. The molecule has 0 spiro atoms. The lowest BCUT2D eigenvalue weighted by molar-refractivity contribution is -0.384. The molecular weight excluding hydrogens is 256 g/mol. The lowest BCUT2D eigenvalue weighted by Crippen LogP contribution is -2.13. The van der Waals surface area contributed by atoms with Gasteiger partial charge in [-0.15, -0.1) is 0 Å². The highest BCUT2D eigenvalue weighted by Crippen LogP contribution is 2.20. The van der Waals surface area contributed by atoms with E-state index in [-0.39, 0.29) is 17.2 Å². The smallest absolute Gasteiger partial charge is 0.270 e. The summed E-state index contributed by atoms with van der Waals surface area (Å²) in [5, 5.41) is 13.5. The van der Waals surface area contributed by atoms with Gasteiger partial charge in [0.25, 0.3) is 11.6 Å². The van der Waals surface area contributed by atoms with Crippen LogP contribution < -0.4 is 5.32 Å². The maximum Gasteiger partial charge on any atom is 0.270 e. The molecule has 5 nitrogen and oxygen atoms in total. The van der Waals surface area contributed by atoms with E-state index in [1.807, 2.05) is 26.0 Å². The zero-order chi connectivity index (χ0) is 14.7. The van der Waals surface area contributed by atoms with Crippen molar-refractivity contribution in [2.45, 2.75) is 13.8 Å². The van der Waals surface area contributed by atoms with E-state index in [0.717, 1.165) is 11.1 Å². The topological polar surface area (TPSA) is 72.2 Å². The van der Waals surface area contributed by atoms with Crippen molar-refractivity contribution in [1.29, 1.82) is 0 Å². The predicted octanol–water partition coefficient (Wildman–Crippen LogP) is 3.46. The molecule has 5 heteroatoms. The third-order valence-corrected chi connectivity index (χ3v) is 3.17. The fraction of sp³-hybridized carbons (Fsp3) is 0.133. The summed E-state index contributed by atoms with van der Waals surface area (Å²) in [6.45, 7) is 3.87. The molecule has 0 fully saturated rings. The number of carbonyl (C=O) groups excluding carboxylic acids is 1. The summed E-state index contributed by atoms with van der Waals surface area (Å²) >= 11 is 0. The van der Waals surface area contributed by atoms with Gasteiger partial charge < -0.3 is 5.32 Å². The standard InChI is InChI=1S/C15H14N2O3/c1-10-5-3-8-14(11(10)2)16-15(18)12-6-4-7-13(9-12)17(19)20/h3-9H,1-2H3,(H,16,18). The van der Waals surface area contributed by atoms with Crippen molar-refractivity contribution in [2.75, 3.05) is 5.32 Å². The molecule has 0 aliphatic heterocycles. The van der Waals surface area contributed by atoms with Crippen molar-refractivity contribution in [3.05, 3.63) is 69.3 Å². The minimum Gasteiger partial charge on any atom is -0.322 e. The number of benzene rings is 2. The van der Waals surface area contributed by atoms with Crippen molar-refractivity contribution in [2.24, 2.45) is 0 Å². The number of anilines is 1. The number of hydrogen-bond acceptors (Lipinski definition) is 3. The van der Waals surface area contributed by atoms with Crippen LogP contribution in [0.2, 0.25) is 0 Å². The van der Waals surface area contributed by atoms with Crippen LogP contribution >= 0.6 is 0 Å². The van der Waals surface area contributed by atoms with E-state index in [2.05, 4.69) is 5.32 Å². The largest absolute Gasteiger partial charge is 0.322 e. The van der Waals surface area contributed by atoms with Gasteiger partial charge in [-0.1, -0.05) is 18.2 Å². The Kier molecular flexibility index (Phi) is 3.79. The average molecular weight is 270 g/mol. The van der Waals surface area contributed by atoms with E-state index in [4.69, 9.17) is 0 Å². The molecular formula is C15H14N2O3. The Bertz CT molecular complexity index is 681. The molecule has 2 rings (SSSR count). The summed E-state index contributed by atoms with van der Waals surface area (Å²) in [5.74, 6) is -0.359. The summed E-state index contributed by atoms with van der Waals surface area (Å²) in [6, 6.07) is 11.3. The van der Waals surface area contributed by atoms with Crippen LogP contribution in [-0.2, 0) is 0 Å². The Labute approximate surface area is 116 Å². The van der Waals surface area contributed by atoms with E-state index in [1.165, 1.54) is 18.2 Å². The van der Waals surface area contributed by atoms with Gasteiger partial charge in [-0.05, 0) is 37.1 Å². The van der Waals surface area contributed by atoms with Crippen LogP contribution in [0.25, 0.3) is 0 Å². The molecule has 0 saturated carbocycles. The van der Waals surface area contributed by atoms with Gasteiger partial charge in [-0.3, -0.25) is 14.9 Å². The van der Waals surface area contributed by atoms with Gasteiger partial charge in [0, 0.05) is 23.4 Å². The Morgan fingerprint density at radius 1 is 1.15 bits per heavy atom. The monoisotopic (exact) mass is 270 g/mol. The maximum absolute atomic E-state index is 12.1. The Morgan fingerprint density at radius 3 is 2.55 bits per heavy atom. The molecule has 102 valence electrons. The number of amides is 1. The van der Waals surface area contributed by atoms with E-state index in [0.29, 0.717) is 5.69 Å². The lowest BCUT2D eigenvalue weighted by Gasteiger charge is -2.10. The molecule has 0 saturated heterocycles. The van der Waals surface area contributed by atoms with Gasteiger partial charge in [-0.25, -0.2) is 0 Å². The first-order valence-electron chi connectivity index (χ1n) is 6.11. The van der Waals surface area contributed by atoms with Gasteiger partial charge in [0.15, 0.2) is 0 Å². The summed E-state index contributed by atoms with van der Waals surface area (Å²) in [7, 11) is 0. The number of rotatable bonds is 3. The molecule has 20 heavy (non-hydrogen) atoms. The van der Waals surface area contributed by atoms with Gasteiger partial charge in [0.1, 0.15) is 0 Å². The molecule has 0 aromatic heterocycles. The van der Waals surface area contributed by atoms with Crippen molar-refractivity contribution >= 4 is 17.3 Å². The highest BCUT2D eigenvalue weighted by Gasteiger charge is 2.12. The molecule has 0 radical (unpaired) electrons. The second-order valence-electron chi connectivity index (χ2n) is 4.51. The Hall–Kier alpha value is -2.69. The number of hydrogen-bond donors (Lipinski definition) is 1. The quantitative estimate of drug-likeness (QED) is 0.685. The fourth-order valence-electron chi connectivity index (χ4n) is 1.84. The van der Waals surface area contributed by atoms with Crippen LogP contribution in [0.4, 0.5) is 11.4 Å².